The summed E-state index contributed by atoms with van der Waals surface area (Å²) < 4.78 is 0. The summed E-state index contributed by atoms with van der Waals surface area (Å²) in [5.74, 6) is 1.14. The molecule has 2 rings (SSSR count). The van der Waals surface area contributed by atoms with Gasteiger partial charge in [-0.15, -0.1) is 0 Å². The average Bonchev–Trinajstić information content (AvgIpc) is 2.21. The second-order valence-corrected chi connectivity index (χ2v) is 3.96. The molecule has 0 heterocycles. The predicted molar refractivity (Wildman–Crippen MR) is 34.7 cm³/mol. The minimum Gasteiger partial charge on any atom is -0.0596 e. The molecule has 2 fully saturated rings. The smallest absolute Gasteiger partial charge is 0.0323 e. The van der Waals surface area contributed by atoms with Crippen molar-refractivity contribution >= 4 is 0 Å². The van der Waals surface area contributed by atoms with Gasteiger partial charge in [-0.2, -0.15) is 0 Å². The first-order chi connectivity index (χ1) is 3.79. The van der Waals surface area contributed by atoms with E-state index < -0.39 is 0 Å². The van der Waals surface area contributed by atoms with Crippen molar-refractivity contribution in [3.8, 4) is 0 Å². The maximum absolute atomic E-state index is 2.46. The molecule has 0 aromatic rings. The van der Waals surface area contributed by atoms with Gasteiger partial charge in [0, 0.05) is 0 Å². The number of rotatable bonds is 0. The van der Waals surface area contributed by atoms with E-state index in [2.05, 4.69) is 6.92 Å². The Hall–Kier alpha value is 0. The summed E-state index contributed by atoms with van der Waals surface area (Å²) >= 11 is 0. The van der Waals surface area contributed by atoms with Crippen LogP contribution in [0.1, 0.15) is 39.0 Å². The van der Waals surface area contributed by atoms with Crippen molar-refractivity contribution in [1.29, 1.82) is 0 Å². The number of hydrogen-bond donors (Lipinski definition) is 0. The fourth-order valence-corrected chi connectivity index (χ4v) is 2.48. The van der Waals surface area contributed by atoms with Crippen molar-refractivity contribution in [3.63, 3.8) is 0 Å². The summed E-state index contributed by atoms with van der Waals surface area (Å²) in [6.07, 6.45) is 7.68. The zero-order chi connectivity index (χ0) is 5.61. The van der Waals surface area contributed by atoms with Gasteiger partial charge in [-0.1, -0.05) is 6.92 Å². The largest absolute Gasteiger partial charge is 0.0596 e. The Balaban J connectivity index is 2.19. The maximum Gasteiger partial charge on any atom is -0.0323 e. The van der Waals surface area contributed by atoms with Gasteiger partial charge < -0.3 is 0 Å². The molecule has 0 spiro atoms. The fraction of sp³-hybridized carbons (Fsp3) is 1.00. The first kappa shape index (κ1) is 4.84. The molecular formula is C8H14. The van der Waals surface area contributed by atoms with E-state index in [1.807, 2.05) is 0 Å². The fourth-order valence-electron chi connectivity index (χ4n) is 2.48. The van der Waals surface area contributed by atoms with Gasteiger partial charge in [-0.05, 0) is 43.4 Å². The lowest BCUT2D eigenvalue weighted by molar-refractivity contribution is 0.332. The van der Waals surface area contributed by atoms with Gasteiger partial charge in [-0.3, -0.25) is 0 Å². The molecule has 0 unspecified atom stereocenters. The van der Waals surface area contributed by atoms with Gasteiger partial charge in [0.15, 0.2) is 0 Å². The molecule has 0 amide bonds. The minimum atomic E-state index is 0.810. The van der Waals surface area contributed by atoms with E-state index >= 15 is 0 Å². The highest BCUT2D eigenvalue weighted by Gasteiger charge is 2.40. The summed E-state index contributed by atoms with van der Waals surface area (Å²) in [6.45, 7) is 2.46. The molecule has 0 nitrogen and oxygen atoms in total. The number of hydrogen-bond acceptors (Lipinski definition) is 0. The van der Waals surface area contributed by atoms with Gasteiger partial charge >= 0.3 is 0 Å². The molecule has 2 aliphatic carbocycles. The Morgan fingerprint density at radius 3 is 2.00 bits per heavy atom. The lowest BCUT2D eigenvalue weighted by Crippen LogP contribution is -2.06. The van der Waals surface area contributed by atoms with E-state index in [9.17, 15) is 0 Å². The lowest BCUT2D eigenvalue weighted by Gasteiger charge is -2.18. The number of fused-ring (bicyclic) bond motifs is 2. The van der Waals surface area contributed by atoms with Crippen molar-refractivity contribution in [2.75, 3.05) is 0 Å². The van der Waals surface area contributed by atoms with E-state index in [0.717, 1.165) is 11.3 Å². The Morgan fingerprint density at radius 2 is 1.88 bits per heavy atom. The van der Waals surface area contributed by atoms with Crippen molar-refractivity contribution in [1.82, 2.24) is 0 Å². The van der Waals surface area contributed by atoms with Crippen LogP contribution in [0, 0.1) is 11.3 Å². The molecule has 0 radical (unpaired) electrons. The molecule has 2 aliphatic rings. The van der Waals surface area contributed by atoms with Gasteiger partial charge in [-0.25, -0.2) is 0 Å². The van der Waals surface area contributed by atoms with Crippen LogP contribution in [0.4, 0.5) is 0 Å². The van der Waals surface area contributed by atoms with E-state index in [1.165, 1.54) is 25.7 Å². The molecule has 0 saturated heterocycles. The molecule has 8 heavy (non-hydrogen) atoms. The summed E-state index contributed by atoms with van der Waals surface area (Å²) in [4.78, 5) is 0. The SMILES string of the molecule is CC12CCC(CC1)C2. The third-order valence-corrected chi connectivity index (χ3v) is 3.09. The van der Waals surface area contributed by atoms with Gasteiger partial charge in [0.05, 0.1) is 0 Å². The first-order valence-corrected chi connectivity index (χ1v) is 3.79. The second kappa shape index (κ2) is 1.29. The molecule has 2 saturated carbocycles. The third kappa shape index (κ3) is 0.519. The second-order valence-electron chi connectivity index (χ2n) is 3.96. The first-order valence-electron chi connectivity index (χ1n) is 3.79. The zero-order valence-electron chi connectivity index (χ0n) is 5.61. The highest BCUT2D eigenvalue weighted by molar-refractivity contribution is 4.92. The van der Waals surface area contributed by atoms with Crippen LogP contribution in [0.3, 0.4) is 0 Å². The van der Waals surface area contributed by atoms with E-state index in [0.29, 0.717) is 0 Å². The Labute approximate surface area is 51.3 Å². The summed E-state index contributed by atoms with van der Waals surface area (Å²) in [6, 6.07) is 0. The molecule has 0 N–H and O–H groups in total. The van der Waals surface area contributed by atoms with E-state index in [4.69, 9.17) is 0 Å². The molecule has 2 bridgehead atoms. The highest BCUT2D eigenvalue weighted by Crippen LogP contribution is 2.53. The van der Waals surface area contributed by atoms with Crippen LogP contribution >= 0.6 is 0 Å². The summed E-state index contributed by atoms with van der Waals surface area (Å²) in [5, 5.41) is 0. The quantitative estimate of drug-likeness (QED) is 0.449. The maximum atomic E-state index is 2.46. The van der Waals surface area contributed by atoms with E-state index in [1.54, 1.807) is 6.42 Å². The van der Waals surface area contributed by atoms with Crippen LogP contribution in [0.15, 0.2) is 0 Å². The molecule has 0 heteroatoms. The summed E-state index contributed by atoms with van der Waals surface area (Å²) in [5.41, 5.74) is 0.810. The van der Waals surface area contributed by atoms with Gasteiger partial charge in [0.1, 0.15) is 0 Å². The van der Waals surface area contributed by atoms with Crippen molar-refractivity contribution in [3.05, 3.63) is 0 Å². The van der Waals surface area contributed by atoms with Crippen molar-refractivity contribution in [2.24, 2.45) is 11.3 Å². The van der Waals surface area contributed by atoms with Gasteiger partial charge in [0.2, 0.25) is 0 Å². The van der Waals surface area contributed by atoms with E-state index in [-0.39, 0.29) is 0 Å². The molecule has 0 aromatic carbocycles. The van der Waals surface area contributed by atoms with Crippen molar-refractivity contribution in [2.45, 2.75) is 39.0 Å². The molecule has 0 atom stereocenters. The van der Waals surface area contributed by atoms with Crippen LogP contribution in [0.5, 0.6) is 0 Å². The monoisotopic (exact) mass is 110 g/mol. The third-order valence-electron chi connectivity index (χ3n) is 3.09. The van der Waals surface area contributed by atoms with Crippen LogP contribution in [0.2, 0.25) is 0 Å². The Bertz CT molecular complexity index is 96.6. The molecular weight excluding hydrogens is 96.1 g/mol. The molecule has 46 valence electrons. The molecule has 0 aliphatic heterocycles. The molecule has 0 aromatic heterocycles. The van der Waals surface area contributed by atoms with Crippen LogP contribution in [0.25, 0.3) is 0 Å². The van der Waals surface area contributed by atoms with Gasteiger partial charge in [0.25, 0.3) is 0 Å². The van der Waals surface area contributed by atoms with Crippen LogP contribution in [-0.2, 0) is 0 Å². The Kier molecular flexibility index (Phi) is 0.778. The normalized spacial score (nSPS) is 52.9. The lowest BCUT2D eigenvalue weighted by atomic mass is 9.87. The zero-order valence-corrected chi connectivity index (χ0v) is 5.61. The Morgan fingerprint density at radius 1 is 1.25 bits per heavy atom. The van der Waals surface area contributed by atoms with Crippen molar-refractivity contribution < 1.29 is 0 Å². The highest BCUT2D eigenvalue weighted by atomic mass is 14.5. The predicted octanol–water partition coefficient (Wildman–Crippen LogP) is 2.59. The standard InChI is InChI=1S/C8H14/c1-8-4-2-7(6-8)3-5-8/h7H,2-6H2,1H3. The minimum absolute atomic E-state index is 0.810. The average molecular weight is 110 g/mol. The van der Waals surface area contributed by atoms with Crippen LogP contribution < -0.4 is 0 Å². The van der Waals surface area contributed by atoms with Crippen LogP contribution in [-0.4, -0.2) is 0 Å². The topological polar surface area (TPSA) is 0 Å². The summed E-state index contributed by atoms with van der Waals surface area (Å²) in [7, 11) is 0.